The Kier molecular flexibility index (Phi) is 9.52. The van der Waals surface area contributed by atoms with Gasteiger partial charge < -0.3 is 9.47 Å². The summed E-state index contributed by atoms with van der Waals surface area (Å²) in [6.45, 7) is 0. The van der Waals surface area contributed by atoms with E-state index in [2.05, 4.69) is 14.7 Å². The van der Waals surface area contributed by atoms with Gasteiger partial charge >= 0.3 is 11.9 Å². The molecule has 0 aliphatic carbocycles. The summed E-state index contributed by atoms with van der Waals surface area (Å²) in [6.07, 6.45) is 3.35. The summed E-state index contributed by atoms with van der Waals surface area (Å²) in [7, 11) is 2.59. The molecule has 0 amide bonds. The Morgan fingerprint density at radius 2 is 1.39 bits per heavy atom. The van der Waals surface area contributed by atoms with E-state index < -0.39 is 11.9 Å². The van der Waals surface area contributed by atoms with E-state index in [-0.39, 0.29) is 10.7 Å². The van der Waals surface area contributed by atoms with Crippen LogP contribution in [-0.4, -0.2) is 36.1 Å². The molecule has 2 heterocycles. The van der Waals surface area contributed by atoms with Crippen LogP contribution in [0, 0.1) is 0 Å². The normalized spacial score (nSPS) is 10.0. The predicted octanol–water partition coefficient (Wildman–Crippen LogP) is 5.94. The van der Waals surface area contributed by atoms with Gasteiger partial charge in [-0.15, -0.1) is 0 Å². The molecule has 1 aromatic carbocycles. The van der Waals surface area contributed by atoms with Crippen molar-refractivity contribution in [2.75, 3.05) is 14.2 Å². The van der Waals surface area contributed by atoms with Crippen molar-refractivity contribution in [1.82, 2.24) is 9.97 Å². The molecule has 0 radical (unpaired) electrons. The van der Waals surface area contributed by atoms with Crippen molar-refractivity contribution in [1.29, 1.82) is 0 Å². The molecular weight excluding hydrogens is 486 g/mol. The zero-order valence-corrected chi connectivity index (χ0v) is 19.4. The lowest BCUT2D eigenvalue weighted by atomic mass is 10.1. The van der Waals surface area contributed by atoms with Gasteiger partial charge in [0.1, 0.15) is 5.15 Å². The molecule has 0 bridgehead atoms. The number of hydrogen-bond acceptors (Lipinski definition) is 6. The molecule has 0 aliphatic rings. The molecule has 3 rings (SSSR count). The van der Waals surface area contributed by atoms with Gasteiger partial charge in [-0.3, -0.25) is 4.98 Å². The number of esters is 2. The molecule has 162 valence electrons. The first kappa shape index (κ1) is 24.9. The average Bonchev–Trinajstić information content (AvgIpc) is 2.76. The summed E-state index contributed by atoms with van der Waals surface area (Å²) in [4.78, 5) is 30.6. The summed E-state index contributed by atoms with van der Waals surface area (Å²) in [5.41, 5.74) is 2.12. The van der Waals surface area contributed by atoms with Crippen molar-refractivity contribution in [2.45, 2.75) is 6.42 Å². The molecule has 0 fully saturated rings. The lowest BCUT2D eigenvalue weighted by Crippen LogP contribution is -2.08. The minimum Gasteiger partial charge on any atom is -0.465 e. The van der Waals surface area contributed by atoms with Gasteiger partial charge in [0, 0.05) is 23.8 Å². The monoisotopic (exact) mass is 500 g/mol. The van der Waals surface area contributed by atoms with Crippen LogP contribution in [-0.2, 0) is 15.9 Å². The lowest BCUT2D eigenvalue weighted by molar-refractivity contribution is 0.0590. The van der Waals surface area contributed by atoms with Crippen LogP contribution in [0.2, 0.25) is 20.2 Å². The first-order valence-electron chi connectivity index (χ1n) is 8.61. The Labute approximate surface area is 199 Å². The fraction of sp³-hybridized carbons (Fsp3) is 0.143. The standard InChI is InChI=1S/C14H11Cl2NO2.C7H5Cl2NO2/c1-19-14(18)12-7-11(16)8-17-13(12)6-9-3-2-4-10(15)5-9;1-12-7(11)5-2-4(8)3-10-6(5)9/h2-5,7-8H,6H2,1H3;2-3H,1H3. The van der Waals surface area contributed by atoms with Crippen LogP contribution in [0.1, 0.15) is 32.0 Å². The second-order valence-electron chi connectivity index (χ2n) is 5.93. The number of rotatable bonds is 4. The molecule has 6 nitrogen and oxygen atoms in total. The highest BCUT2D eigenvalue weighted by Gasteiger charge is 2.14. The third-order valence-corrected chi connectivity index (χ3v) is 4.76. The first-order chi connectivity index (χ1) is 14.7. The number of carbonyl (C=O) groups is 2. The van der Waals surface area contributed by atoms with Gasteiger partial charge in [0.05, 0.1) is 41.1 Å². The number of ether oxygens (including phenoxy) is 2. The topological polar surface area (TPSA) is 78.4 Å². The predicted molar refractivity (Wildman–Crippen MR) is 120 cm³/mol. The van der Waals surface area contributed by atoms with Crippen molar-refractivity contribution in [3.05, 3.63) is 91.4 Å². The number of hydrogen-bond donors (Lipinski definition) is 0. The van der Waals surface area contributed by atoms with E-state index in [9.17, 15) is 9.59 Å². The molecule has 0 saturated carbocycles. The maximum Gasteiger partial charge on any atom is 0.341 e. The van der Waals surface area contributed by atoms with Crippen molar-refractivity contribution in [2.24, 2.45) is 0 Å². The Morgan fingerprint density at radius 1 is 0.806 bits per heavy atom. The quantitative estimate of drug-likeness (QED) is 0.325. The summed E-state index contributed by atoms with van der Waals surface area (Å²) in [6, 6.07) is 10.4. The molecule has 0 unspecified atom stereocenters. The second-order valence-corrected chi connectivity index (χ2v) is 7.60. The van der Waals surface area contributed by atoms with E-state index in [1.165, 1.54) is 32.7 Å². The van der Waals surface area contributed by atoms with E-state index in [1.807, 2.05) is 18.2 Å². The molecule has 2 aromatic heterocycles. The van der Waals surface area contributed by atoms with E-state index in [1.54, 1.807) is 12.1 Å². The largest absolute Gasteiger partial charge is 0.465 e. The second kappa shape index (κ2) is 11.9. The number of methoxy groups -OCH3 is 2. The minimum absolute atomic E-state index is 0.0891. The van der Waals surface area contributed by atoms with Crippen LogP contribution in [0.3, 0.4) is 0 Å². The summed E-state index contributed by atoms with van der Waals surface area (Å²) in [5, 5.41) is 1.48. The van der Waals surface area contributed by atoms with Crippen LogP contribution in [0.15, 0.2) is 48.8 Å². The van der Waals surface area contributed by atoms with E-state index in [4.69, 9.17) is 51.1 Å². The Morgan fingerprint density at radius 3 is 2.00 bits per heavy atom. The Bertz CT molecular complexity index is 1090. The van der Waals surface area contributed by atoms with Crippen LogP contribution >= 0.6 is 46.4 Å². The number of carbonyl (C=O) groups excluding carboxylic acids is 2. The highest BCUT2D eigenvalue weighted by molar-refractivity contribution is 6.34. The molecule has 31 heavy (non-hydrogen) atoms. The molecule has 3 aromatic rings. The van der Waals surface area contributed by atoms with Gasteiger partial charge in [0.2, 0.25) is 0 Å². The summed E-state index contributed by atoms with van der Waals surface area (Å²) in [5.74, 6) is -0.998. The van der Waals surface area contributed by atoms with Gasteiger partial charge in [-0.05, 0) is 29.8 Å². The van der Waals surface area contributed by atoms with Gasteiger partial charge in [0.15, 0.2) is 0 Å². The lowest BCUT2D eigenvalue weighted by Gasteiger charge is -2.08. The van der Waals surface area contributed by atoms with Gasteiger partial charge in [-0.2, -0.15) is 0 Å². The highest BCUT2D eigenvalue weighted by Crippen LogP contribution is 2.20. The molecular formula is C21H16Cl4N2O4. The highest BCUT2D eigenvalue weighted by atomic mass is 35.5. The SMILES string of the molecule is COC(=O)c1cc(Cl)cnc1Cc1cccc(Cl)c1.COC(=O)c1cc(Cl)cnc1Cl. The summed E-state index contributed by atoms with van der Waals surface area (Å²) < 4.78 is 9.18. The van der Waals surface area contributed by atoms with Gasteiger partial charge in [-0.1, -0.05) is 58.5 Å². The number of pyridine rings is 2. The number of halogens is 4. The zero-order chi connectivity index (χ0) is 23.0. The number of nitrogens with zero attached hydrogens (tertiary/aromatic N) is 2. The number of benzene rings is 1. The van der Waals surface area contributed by atoms with Crippen LogP contribution < -0.4 is 0 Å². The first-order valence-corrected chi connectivity index (χ1v) is 10.1. The van der Waals surface area contributed by atoms with Crippen molar-refractivity contribution >= 4 is 58.3 Å². The van der Waals surface area contributed by atoms with Crippen LogP contribution in [0.4, 0.5) is 0 Å². The smallest absolute Gasteiger partial charge is 0.341 e. The fourth-order valence-electron chi connectivity index (χ4n) is 2.41. The third-order valence-electron chi connectivity index (χ3n) is 3.81. The molecule has 0 N–H and O–H groups in total. The molecule has 0 aliphatic heterocycles. The van der Waals surface area contributed by atoms with Gasteiger partial charge in [0.25, 0.3) is 0 Å². The van der Waals surface area contributed by atoms with E-state index in [0.29, 0.717) is 32.7 Å². The average molecular weight is 502 g/mol. The number of aromatic nitrogens is 2. The van der Waals surface area contributed by atoms with Crippen molar-refractivity contribution < 1.29 is 19.1 Å². The fourth-order valence-corrected chi connectivity index (χ4v) is 3.12. The molecule has 0 atom stereocenters. The van der Waals surface area contributed by atoms with E-state index >= 15 is 0 Å². The summed E-state index contributed by atoms with van der Waals surface area (Å²) >= 11 is 23.0. The van der Waals surface area contributed by atoms with Gasteiger partial charge in [-0.25, -0.2) is 14.6 Å². The molecule has 0 saturated heterocycles. The van der Waals surface area contributed by atoms with Crippen LogP contribution in [0.5, 0.6) is 0 Å². The molecule has 10 heteroatoms. The maximum atomic E-state index is 11.7. The Balaban J connectivity index is 0.000000245. The molecule has 0 spiro atoms. The zero-order valence-electron chi connectivity index (χ0n) is 16.4. The Hall–Kier alpha value is -2.38. The maximum absolute atomic E-state index is 11.7. The third kappa shape index (κ3) is 7.36. The van der Waals surface area contributed by atoms with Crippen LogP contribution in [0.25, 0.3) is 0 Å². The van der Waals surface area contributed by atoms with Crippen molar-refractivity contribution in [3.63, 3.8) is 0 Å². The minimum atomic E-state index is -0.546. The van der Waals surface area contributed by atoms with E-state index in [0.717, 1.165) is 5.56 Å². The van der Waals surface area contributed by atoms with Crippen molar-refractivity contribution in [3.8, 4) is 0 Å².